The Morgan fingerprint density at radius 1 is 0.931 bits per heavy atom. The molecule has 0 saturated carbocycles. The van der Waals surface area contributed by atoms with Gasteiger partial charge in [0.2, 0.25) is 5.66 Å². The summed E-state index contributed by atoms with van der Waals surface area (Å²) in [4.78, 5) is 12.8. The van der Waals surface area contributed by atoms with E-state index in [0.717, 1.165) is 0 Å². The Bertz CT molecular complexity index is 819. The number of benzene rings is 2. The average molecular weight is 443 g/mol. The van der Waals surface area contributed by atoms with Crippen LogP contribution in [0, 0.1) is 0 Å². The molecule has 0 aliphatic carbocycles. The number of carbonyl (C=O) groups excluding carboxylic acids is 1. The van der Waals surface area contributed by atoms with Gasteiger partial charge in [-0.05, 0) is 12.1 Å². The van der Waals surface area contributed by atoms with Crippen molar-refractivity contribution in [1.82, 2.24) is 0 Å². The van der Waals surface area contributed by atoms with E-state index >= 15 is 0 Å². The molecule has 4 unspecified atom stereocenters. The third-order valence-electron chi connectivity index (χ3n) is 5.19. The number of nitrogens with one attached hydrogen (secondary N) is 1. The molecule has 29 heavy (non-hydrogen) atoms. The minimum atomic E-state index is -2.37. The summed E-state index contributed by atoms with van der Waals surface area (Å²) in [7, 11) is 0. The smallest absolute Gasteiger partial charge is 0.246 e. The molecule has 0 fully saturated rings. The molecule has 7 nitrogen and oxygen atoms in total. The molecule has 0 bridgehead atoms. The molecule has 2 rings (SSSR count). The van der Waals surface area contributed by atoms with Gasteiger partial charge in [0.1, 0.15) is 5.97 Å². The monoisotopic (exact) mass is 442 g/mol. The maximum Gasteiger partial charge on any atom is 0.246 e. The number of carbonyl (C=O) groups is 1. The fourth-order valence-electron chi connectivity index (χ4n) is 3.97. The molecule has 0 radical (unpaired) electrons. The highest BCUT2D eigenvalue weighted by Crippen LogP contribution is 2.44. The van der Waals surface area contributed by atoms with Gasteiger partial charge in [-0.25, -0.2) is 4.48 Å². The Hall–Kier alpha value is -1.87. The van der Waals surface area contributed by atoms with Gasteiger partial charge in [0.25, 0.3) is 0 Å². The molecule has 0 aromatic heterocycles. The van der Waals surface area contributed by atoms with E-state index in [2.05, 4.69) is 5.32 Å². The summed E-state index contributed by atoms with van der Waals surface area (Å²) in [6, 6.07) is 12.4. The molecular formula is C20H24Cl2N2O5. The lowest BCUT2D eigenvalue weighted by Gasteiger charge is -2.57. The molecule has 0 heterocycles. The zero-order valence-corrected chi connectivity index (χ0v) is 17.7. The number of anilines is 1. The maximum atomic E-state index is 12.8. The van der Waals surface area contributed by atoms with E-state index in [-0.39, 0.29) is 21.3 Å². The fraction of sp³-hybridized carbons (Fsp3) is 0.350. The Kier molecular flexibility index (Phi) is 7.16. The van der Waals surface area contributed by atoms with Gasteiger partial charge >= 0.3 is 0 Å². The van der Waals surface area contributed by atoms with E-state index in [1.165, 1.54) is 45.0 Å². The Labute approximate surface area is 179 Å². The maximum absolute atomic E-state index is 12.8. The highest BCUT2D eigenvalue weighted by Gasteiger charge is 2.62. The van der Waals surface area contributed by atoms with Crippen molar-refractivity contribution in [3.05, 3.63) is 64.1 Å². The van der Waals surface area contributed by atoms with Crippen LogP contribution in [-0.2, 0) is 10.5 Å². The summed E-state index contributed by atoms with van der Waals surface area (Å²) in [5, 5.41) is 48.0. The second kappa shape index (κ2) is 8.87. The van der Waals surface area contributed by atoms with E-state index in [4.69, 9.17) is 23.2 Å². The lowest BCUT2D eigenvalue weighted by atomic mass is 9.91. The number of carboxylic acid groups (broad SMARTS) is 1. The van der Waals surface area contributed by atoms with Gasteiger partial charge in [0.05, 0.1) is 15.7 Å². The standard InChI is InChI=1S/C20H24Cl2N2O5/c1-12(25)24(13(2)26,14(3)27)20(19(28)29,15-8-5-4-6-9-15)23-18-16(21)10-7-11-17(18)22/h4-14,23,25-27H,1-3H3. The van der Waals surface area contributed by atoms with Gasteiger partial charge in [0.15, 0.2) is 18.7 Å². The number of hydrogen-bond acceptors (Lipinski definition) is 6. The average Bonchev–Trinajstić information content (AvgIpc) is 2.63. The number of aliphatic hydroxyl groups excluding tert-OH is 3. The summed E-state index contributed by atoms with van der Waals surface area (Å²) in [5.41, 5.74) is -2.21. The van der Waals surface area contributed by atoms with Crippen LogP contribution in [-0.4, -0.2) is 44.5 Å². The van der Waals surface area contributed by atoms with Crippen molar-refractivity contribution in [1.29, 1.82) is 0 Å². The molecule has 0 saturated heterocycles. The van der Waals surface area contributed by atoms with Crippen LogP contribution >= 0.6 is 23.2 Å². The van der Waals surface area contributed by atoms with Crippen LogP contribution in [0.1, 0.15) is 26.3 Å². The molecule has 4 atom stereocenters. The van der Waals surface area contributed by atoms with Gasteiger partial charge in [-0.2, -0.15) is 0 Å². The summed E-state index contributed by atoms with van der Waals surface area (Å²) in [5.74, 6) is -1.71. The molecule has 4 N–H and O–H groups in total. The minimum absolute atomic E-state index is 0.0494. The van der Waals surface area contributed by atoms with Gasteiger partial charge in [-0.15, -0.1) is 0 Å². The third-order valence-corrected chi connectivity index (χ3v) is 5.82. The number of aliphatic hydroxyl groups is 3. The van der Waals surface area contributed by atoms with Crippen LogP contribution in [0.5, 0.6) is 0 Å². The van der Waals surface area contributed by atoms with Gasteiger partial charge < -0.3 is 30.5 Å². The zero-order chi connectivity index (χ0) is 22.0. The van der Waals surface area contributed by atoms with E-state index in [1.54, 1.807) is 24.3 Å². The van der Waals surface area contributed by atoms with Crippen LogP contribution in [0.4, 0.5) is 5.69 Å². The number of hydrogen-bond donors (Lipinski definition) is 4. The number of nitrogens with zero attached hydrogens (tertiary/aromatic N) is 1. The van der Waals surface area contributed by atoms with Gasteiger partial charge in [-0.1, -0.05) is 59.6 Å². The van der Waals surface area contributed by atoms with Crippen LogP contribution in [0.25, 0.3) is 0 Å². The number of carboxylic acids is 1. The minimum Gasteiger partial charge on any atom is -0.542 e. The second-order valence-corrected chi connectivity index (χ2v) is 7.63. The number of aliphatic carboxylic acids is 1. The van der Waals surface area contributed by atoms with Crippen molar-refractivity contribution in [2.75, 3.05) is 5.32 Å². The van der Waals surface area contributed by atoms with Crippen molar-refractivity contribution in [3.8, 4) is 0 Å². The molecule has 0 aliphatic heterocycles. The number of halogens is 2. The summed E-state index contributed by atoms with van der Waals surface area (Å²) in [6.07, 6.45) is -4.66. The first kappa shape index (κ1) is 23.4. The predicted molar refractivity (Wildman–Crippen MR) is 109 cm³/mol. The number of quaternary nitrogens is 1. The summed E-state index contributed by atoms with van der Waals surface area (Å²) in [6.45, 7) is 3.82. The Balaban J connectivity index is 3.00. The number of rotatable bonds is 8. The van der Waals surface area contributed by atoms with Gasteiger partial charge in [-0.3, -0.25) is 0 Å². The Morgan fingerprint density at radius 3 is 1.76 bits per heavy atom. The third kappa shape index (κ3) is 3.70. The van der Waals surface area contributed by atoms with Crippen LogP contribution < -0.4 is 10.4 Å². The van der Waals surface area contributed by atoms with Crippen molar-refractivity contribution in [2.24, 2.45) is 0 Å². The normalized spacial score (nSPS) is 18.8. The zero-order valence-electron chi connectivity index (χ0n) is 16.2. The molecule has 2 aromatic carbocycles. The van der Waals surface area contributed by atoms with Crippen LogP contribution in [0.2, 0.25) is 10.0 Å². The molecular weight excluding hydrogens is 419 g/mol. The first-order valence-electron chi connectivity index (χ1n) is 8.95. The molecule has 9 heteroatoms. The highest BCUT2D eigenvalue weighted by molar-refractivity contribution is 6.39. The Morgan fingerprint density at radius 2 is 1.38 bits per heavy atom. The lowest BCUT2D eigenvalue weighted by molar-refractivity contribution is -1.08. The second-order valence-electron chi connectivity index (χ2n) is 6.82. The molecule has 158 valence electrons. The first-order chi connectivity index (χ1) is 13.5. The number of para-hydroxylation sites is 1. The quantitative estimate of drug-likeness (QED) is 0.366. The topological polar surface area (TPSA) is 113 Å². The first-order valence-corrected chi connectivity index (χ1v) is 9.70. The van der Waals surface area contributed by atoms with Crippen molar-refractivity contribution < 1.29 is 29.7 Å². The fourth-order valence-corrected chi connectivity index (χ4v) is 4.47. The summed E-state index contributed by atoms with van der Waals surface area (Å²) >= 11 is 12.5. The molecule has 0 amide bonds. The van der Waals surface area contributed by atoms with Gasteiger partial charge in [0, 0.05) is 26.3 Å². The van der Waals surface area contributed by atoms with Crippen LogP contribution in [0.3, 0.4) is 0 Å². The van der Waals surface area contributed by atoms with E-state index in [0.29, 0.717) is 0 Å². The molecule has 0 spiro atoms. The predicted octanol–water partition coefficient (Wildman–Crippen LogP) is 1.84. The summed E-state index contributed by atoms with van der Waals surface area (Å²) < 4.78 is -1.14. The highest BCUT2D eigenvalue weighted by atomic mass is 35.5. The van der Waals surface area contributed by atoms with Crippen molar-refractivity contribution in [3.63, 3.8) is 0 Å². The van der Waals surface area contributed by atoms with Crippen molar-refractivity contribution >= 4 is 34.9 Å². The van der Waals surface area contributed by atoms with E-state index < -0.39 is 34.8 Å². The molecule has 0 aliphatic rings. The SMILES string of the molecule is CC(O)[N+](C(C)O)(C(C)O)C(Nc1c(Cl)cccc1Cl)(C(=O)[O-])c1ccccc1. The van der Waals surface area contributed by atoms with Crippen molar-refractivity contribution in [2.45, 2.75) is 45.1 Å². The molecule has 2 aromatic rings. The lowest BCUT2D eigenvalue weighted by Crippen LogP contribution is -2.80. The van der Waals surface area contributed by atoms with E-state index in [9.17, 15) is 25.2 Å². The largest absolute Gasteiger partial charge is 0.542 e. The van der Waals surface area contributed by atoms with Crippen LogP contribution in [0.15, 0.2) is 48.5 Å². The van der Waals surface area contributed by atoms with E-state index in [1.807, 2.05) is 0 Å².